The number of amides is 4. The van der Waals surface area contributed by atoms with Gasteiger partial charge in [0.25, 0.3) is 0 Å². The number of unbranched alkanes of at least 4 members (excludes halogenated alkanes) is 1. The summed E-state index contributed by atoms with van der Waals surface area (Å²) in [6.45, 7) is 4.41. The molecule has 16 nitrogen and oxygen atoms in total. The zero-order valence-electron chi connectivity index (χ0n) is 27.3. The molecule has 1 rings (SSSR count). The Hall–Kier alpha value is -3.79. The Labute approximate surface area is 275 Å². The van der Waals surface area contributed by atoms with Crippen molar-refractivity contribution in [1.29, 1.82) is 0 Å². The molecule has 0 aromatic heterocycles. The largest absolute Gasteiger partial charge is 0.481 e. The Balaban J connectivity index is 2.46. The molecule has 268 valence electrons. The number of carbonyl (C=O) groups is 7. The van der Waals surface area contributed by atoms with Crippen LogP contribution in [0.25, 0.3) is 0 Å². The van der Waals surface area contributed by atoms with Crippen molar-refractivity contribution in [2.45, 2.75) is 102 Å². The SMILES string of the molecule is CCOCCOCCCNC(=O)C(CCC(=O)O)NC(=O)CCC(NC(=O)C1CCC(CNC(=O)CCCCC(=O)O)CC1)C(=O)O. The molecule has 0 aromatic carbocycles. The fourth-order valence-electron chi connectivity index (χ4n) is 5.04. The molecule has 0 radical (unpaired) electrons. The van der Waals surface area contributed by atoms with Gasteiger partial charge in [0, 0.05) is 57.9 Å². The fourth-order valence-corrected chi connectivity index (χ4v) is 5.04. The molecule has 1 saturated carbocycles. The van der Waals surface area contributed by atoms with Crippen LogP contribution in [0.15, 0.2) is 0 Å². The minimum absolute atomic E-state index is 0.0245. The molecule has 0 aliphatic heterocycles. The van der Waals surface area contributed by atoms with Gasteiger partial charge in [0.2, 0.25) is 23.6 Å². The van der Waals surface area contributed by atoms with Crippen molar-refractivity contribution in [1.82, 2.24) is 21.3 Å². The van der Waals surface area contributed by atoms with Gasteiger partial charge in [0.05, 0.1) is 13.2 Å². The average Bonchev–Trinajstić information content (AvgIpc) is 3.03. The molecule has 2 unspecified atom stereocenters. The topological polar surface area (TPSA) is 247 Å². The quantitative estimate of drug-likeness (QED) is 0.0631. The van der Waals surface area contributed by atoms with Gasteiger partial charge in [-0.2, -0.15) is 0 Å². The minimum Gasteiger partial charge on any atom is -0.481 e. The Bertz CT molecular complexity index is 1020. The van der Waals surface area contributed by atoms with E-state index in [0.717, 1.165) is 0 Å². The number of hydrogen-bond acceptors (Lipinski definition) is 9. The molecule has 0 saturated heterocycles. The highest BCUT2D eigenvalue weighted by Crippen LogP contribution is 2.28. The molecule has 1 aliphatic carbocycles. The lowest BCUT2D eigenvalue weighted by Crippen LogP contribution is -2.48. The van der Waals surface area contributed by atoms with Gasteiger partial charge in [-0.25, -0.2) is 4.79 Å². The molecule has 1 aliphatic rings. The Morgan fingerprint density at radius 3 is 1.96 bits per heavy atom. The molecule has 4 amide bonds. The highest BCUT2D eigenvalue weighted by Gasteiger charge is 2.30. The van der Waals surface area contributed by atoms with Crippen molar-refractivity contribution >= 4 is 41.5 Å². The van der Waals surface area contributed by atoms with E-state index < -0.39 is 53.6 Å². The number of aliphatic carboxylic acids is 3. The average molecular weight is 673 g/mol. The summed E-state index contributed by atoms with van der Waals surface area (Å²) in [5.41, 5.74) is 0. The van der Waals surface area contributed by atoms with Crippen LogP contribution >= 0.6 is 0 Å². The van der Waals surface area contributed by atoms with Crippen LogP contribution in [0.3, 0.4) is 0 Å². The molecule has 0 spiro atoms. The van der Waals surface area contributed by atoms with Crippen molar-refractivity contribution < 1.29 is 58.4 Å². The highest BCUT2D eigenvalue weighted by atomic mass is 16.5. The predicted molar refractivity (Wildman–Crippen MR) is 167 cm³/mol. The van der Waals surface area contributed by atoms with E-state index in [4.69, 9.17) is 19.7 Å². The van der Waals surface area contributed by atoms with Crippen LogP contribution in [-0.4, -0.2) is 108 Å². The van der Waals surface area contributed by atoms with E-state index in [1.54, 1.807) is 0 Å². The van der Waals surface area contributed by atoms with Crippen molar-refractivity contribution in [3.05, 3.63) is 0 Å². The van der Waals surface area contributed by atoms with Gasteiger partial charge < -0.3 is 46.1 Å². The number of nitrogens with one attached hydrogen (secondary N) is 4. The second-order valence-electron chi connectivity index (χ2n) is 11.6. The molecule has 47 heavy (non-hydrogen) atoms. The normalized spacial score (nSPS) is 17.1. The van der Waals surface area contributed by atoms with E-state index in [2.05, 4.69) is 21.3 Å². The van der Waals surface area contributed by atoms with Crippen LogP contribution < -0.4 is 21.3 Å². The van der Waals surface area contributed by atoms with Crippen molar-refractivity contribution in [3.63, 3.8) is 0 Å². The van der Waals surface area contributed by atoms with Gasteiger partial charge in [0.1, 0.15) is 12.1 Å². The van der Waals surface area contributed by atoms with Gasteiger partial charge >= 0.3 is 17.9 Å². The van der Waals surface area contributed by atoms with Crippen molar-refractivity contribution in [3.8, 4) is 0 Å². The molecule has 16 heteroatoms. The van der Waals surface area contributed by atoms with Gasteiger partial charge in [-0.05, 0) is 70.6 Å². The zero-order chi connectivity index (χ0) is 35.0. The second kappa shape index (κ2) is 24.4. The predicted octanol–water partition coefficient (Wildman–Crippen LogP) is 0.813. The summed E-state index contributed by atoms with van der Waals surface area (Å²) in [6, 6.07) is -2.47. The summed E-state index contributed by atoms with van der Waals surface area (Å²) in [5.74, 6) is -5.38. The van der Waals surface area contributed by atoms with E-state index in [9.17, 15) is 38.7 Å². The number of rotatable bonds is 26. The molecular formula is C31H52N4O12. The van der Waals surface area contributed by atoms with Crippen molar-refractivity contribution in [2.75, 3.05) is 39.5 Å². The smallest absolute Gasteiger partial charge is 0.326 e. The summed E-state index contributed by atoms with van der Waals surface area (Å²) < 4.78 is 10.5. The molecular weight excluding hydrogens is 620 g/mol. The van der Waals surface area contributed by atoms with Gasteiger partial charge in [-0.3, -0.25) is 28.8 Å². The zero-order valence-corrected chi connectivity index (χ0v) is 27.3. The molecule has 0 aromatic rings. The summed E-state index contributed by atoms with van der Waals surface area (Å²) in [5, 5.41) is 37.8. The van der Waals surface area contributed by atoms with E-state index >= 15 is 0 Å². The van der Waals surface area contributed by atoms with Crippen LogP contribution in [0.4, 0.5) is 0 Å². The highest BCUT2D eigenvalue weighted by molar-refractivity contribution is 5.89. The fraction of sp³-hybridized carbons (Fsp3) is 0.774. The summed E-state index contributed by atoms with van der Waals surface area (Å²) in [6.07, 6.45) is 2.98. The maximum absolute atomic E-state index is 12.8. The first-order valence-corrected chi connectivity index (χ1v) is 16.4. The molecule has 0 bridgehead atoms. The van der Waals surface area contributed by atoms with Gasteiger partial charge in [-0.1, -0.05) is 0 Å². The monoisotopic (exact) mass is 672 g/mol. The van der Waals surface area contributed by atoms with Crippen LogP contribution in [0.2, 0.25) is 0 Å². The standard InChI is InChI=1S/C31H52N4O12/c1-2-46-18-19-47-17-5-16-32-30(43)23(13-15-28(40)41)34-26(37)14-12-24(31(44)45)35-29(42)22-10-8-21(9-11-22)20-33-25(36)6-3-4-7-27(38)39/h21-24H,2-20H2,1H3,(H,32,43)(H,33,36)(H,34,37)(H,35,42)(H,38,39)(H,40,41)(H,44,45). The Kier molecular flexibility index (Phi) is 21.4. The Morgan fingerprint density at radius 1 is 0.681 bits per heavy atom. The summed E-state index contributed by atoms with van der Waals surface area (Å²) in [7, 11) is 0. The number of carboxylic acids is 3. The van der Waals surface area contributed by atoms with Gasteiger partial charge in [0.15, 0.2) is 0 Å². The third-order valence-corrected chi connectivity index (χ3v) is 7.76. The van der Waals surface area contributed by atoms with Crippen LogP contribution in [0.1, 0.15) is 90.4 Å². The summed E-state index contributed by atoms with van der Waals surface area (Å²) in [4.78, 5) is 83.6. The summed E-state index contributed by atoms with van der Waals surface area (Å²) >= 11 is 0. The second-order valence-corrected chi connectivity index (χ2v) is 11.6. The first-order valence-electron chi connectivity index (χ1n) is 16.4. The third kappa shape index (κ3) is 20.1. The minimum atomic E-state index is -1.33. The van der Waals surface area contributed by atoms with Crippen LogP contribution in [-0.2, 0) is 43.0 Å². The first-order chi connectivity index (χ1) is 22.4. The molecule has 7 N–H and O–H groups in total. The first kappa shape index (κ1) is 41.2. The lowest BCUT2D eigenvalue weighted by Gasteiger charge is -2.28. The number of hydrogen-bond donors (Lipinski definition) is 7. The molecule has 0 heterocycles. The molecule has 1 fully saturated rings. The third-order valence-electron chi connectivity index (χ3n) is 7.76. The van der Waals surface area contributed by atoms with Crippen molar-refractivity contribution in [2.24, 2.45) is 11.8 Å². The maximum atomic E-state index is 12.8. The van der Waals surface area contributed by atoms with E-state index in [1.807, 2.05) is 6.92 Å². The Morgan fingerprint density at radius 2 is 1.32 bits per heavy atom. The lowest BCUT2D eigenvalue weighted by atomic mass is 9.81. The van der Waals surface area contributed by atoms with Crippen LogP contribution in [0.5, 0.6) is 0 Å². The van der Waals surface area contributed by atoms with Gasteiger partial charge in [-0.15, -0.1) is 0 Å². The van der Waals surface area contributed by atoms with Crippen LogP contribution in [0, 0.1) is 11.8 Å². The maximum Gasteiger partial charge on any atom is 0.326 e. The van der Waals surface area contributed by atoms with E-state index in [-0.39, 0.29) is 56.9 Å². The molecule has 2 atom stereocenters. The lowest BCUT2D eigenvalue weighted by molar-refractivity contribution is -0.143. The van der Waals surface area contributed by atoms with E-state index in [0.29, 0.717) is 77.9 Å². The number of carbonyl (C=O) groups excluding carboxylic acids is 4. The number of ether oxygens (including phenoxy) is 2. The number of carboxylic acid groups (broad SMARTS) is 3. The van der Waals surface area contributed by atoms with E-state index in [1.165, 1.54) is 0 Å².